The summed E-state index contributed by atoms with van der Waals surface area (Å²) in [6, 6.07) is 9.64. The van der Waals surface area contributed by atoms with Gasteiger partial charge in [0.1, 0.15) is 0 Å². The van der Waals surface area contributed by atoms with Crippen molar-refractivity contribution in [1.82, 2.24) is 0 Å². The highest BCUT2D eigenvalue weighted by molar-refractivity contribution is 5.86. The summed E-state index contributed by atoms with van der Waals surface area (Å²) in [5.74, 6) is 0.996. The molecule has 3 heteroatoms. The zero-order chi connectivity index (χ0) is 13.7. The maximum Gasteiger partial charge on any atom is 0.152 e. The van der Waals surface area contributed by atoms with Crippen molar-refractivity contribution in [2.24, 2.45) is 23.3 Å². The molecule has 0 aromatic heterocycles. The Morgan fingerprint density at radius 1 is 1.16 bits per heavy atom. The number of hydrogen-bond acceptors (Lipinski definition) is 3. The summed E-state index contributed by atoms with van der Waals surface area (Å²) in [6.45, 7) is 0.747. The minimum Gasteiger partial charge on any atom is -0.330 e. The number of carbonyl (C=O) groups is 1. The summed E-state index contributed by atoms with van der Waals surface area (Å²) >= 11 is 0. The second-order valence-electron chi connectivity index (χ2n) is 5.65. The Bertz CT molecular complexity index is 396. The van der Waals surface area contributed by atoms with E-state index in [1.807, 2.05) is 30.3 Å². The Morgan fingerprint density at radius 2 is 1.79 bits per heavy atom. The SMILES string of the molecule is NCC1CCC(C(=O)[C@@H](N)Cc2ccccc2)CC1. The van der Waals surface area contributed by atoms with Crippen LogP contribution in [0.5, 0.6) is 0 Å². The van der Waals surface area contributed by atoms with E-state index in [0.717, 1.165) is 37.8 Å². The molecule has 1 atom stereocenters. The lowest BCUT2D eigenvalue weighted by atomic mass is 9.78. The molecule has 104 valence electrons. The van der Waals surface area contributed by atoms with E-state index in [2.05, 4.69) is 0 Å². The van der Waals surface area contributed by atoms with Crippen LogP contribution in [0.3, 0.4) is 0 Å². The van der Waals surface area contributed by atoms with Crippen molar-refractivity contribution < 1.29 is 4.79 Å². The Hall–Kier alpha value is -1.19. The minimum atomic E-state index is -0.359. The summed E-state index contributed by atoms with van der Waals surface area (Å²) in [5.41, 5.74) is 12.9. The molecular formula is C16H24N2O. The van der Waals surface area contributed by atoms with Gasteiger partial charge in [0.2, 0.25) is 0 Å². The zero-order valence-electron chi connectivity index (χ0n) is 11.4. The summed E-state index contributed by atoms with van der Waals surface area (Å²) in [4.78, 5) is 12.3. The predicted octanol–water partition coefficient (Wildman–Crippen LogP) is 1.89. The Labute approximate surface area is 115 Å². The molecule has 3 nitrogen and oxygen atoms in total. The quantitative estimate of drug-likeness (QED) is 0.849. The van der Waals surface area contributed by atoms with E-state index < -0.39 is 0 Å². The lowest BCUT2D eigenvalue weighted by molar-refractivity contribution is -0.125. The third-order valence-electron chi connectivity index (χ3n) is 4.25. The number of benzene rings is 1. The molecule has 0 bridgehead atoms. The van der Waals surface area contributed by atoms with E-state index in [-0.39, 0.29) is 17.7 Å². The van der Waals surface area contributed by atoms with Gasteiger partial charge in [-0.1, -0.05) is 30.3 Å². The molecule has 1 fully saturated rings. The molecule has 1 aromatic carbocycles. The van der Waals surface area contributed by atoms with E-state index in [1.165, 1.54) is 0 Å². The Morgan fingerprint density at radius 3 is 2.37 bits per heavy atom. The second-order valence-corrected chi connectivity index (χ2v) is 5.65. The Balaban J connectivity index is 1.86. The lowest BCUT2D eigenvalue weighted by Crippen LogP contribution is -2.39. The second kappa shape index (κ2) is 6.83. The molecule has 1 aliphatic carbocycles. The van der Waals surface area contributed by atoms with Crippen LogP contribution in [0.15, 0.2) is 30.3 Å². The number of ketones is 1. The maximum absolute atomic E-state index is 12.3. The predicted molar refractivity (Wildman–Crippen MR) is 77.6 cm³/mol. The smallest absolute Gasteiger partial charge is 0.152 e. The van der Waals surface area contributed by atoms with Crippen molar-refractivity contribution in [2.45, 2.75) is 38.1 Å². The highest BCUT2D eigenvalue weighted by Gasteiger charge is 2.28. The van der Waals surface area contributed by atoms with Gasteiger partial charge < -0.3 is 11.5 Å². The molecule has 19 heavy (non-hydrogen) atoms. The van der Waals surface area contributed by atoms with E-state index >= 15 is 0 Å². The summed E-state index contributed by atoms with van der Waals surface area (Å²) in [5, 5.41) is 0. The molecule has 0 spiro atoms. The van der Waals surface area contributed by atoms with Gasteiger partial charge in [-0.25, -0.2) is 0 Å². The average Bonchev–Trinajstić information content (AvgIpc) is 2.47. The van der Waals surface area contributed by atoms with Crippen molar-refractivity contribution in [3.63, 3.8) is 0 Å². The first kappa shape index (κ1) is 14.2. The van der Waals surface area contributed by atoms with Crippen LogP contribution in [-0.2, 0) is 11.2 Å². The molecule has 0 heterocycles. The van der Waals surface area contributed by atoms with Crippen molar-refractivity contribution in [1.29, 1.82) is 0 Å². The molecule has 2 rings (SSSR count). The summed E-state index contributed by atoms with van der Waals surface area (Å²) < 4.78 is 0. The molecule has 0 amide bonds. The van der Waals surface area contributed by atoms with Gasteiger partial charge in [0.15, 0.2) is 5.78 Å². The van der Waals surface area contributed by atoms with Gasteiger partial charge in [-0.2, -0.15) is 0 Å². The van der Waals surface area contributed by atoms with Crippen LogP contribution < -0.4 is 11.5 Å². The molecule has 1 saturated carbocycles. The van der Waals surface area contributed by atoms with Crippen molar-refractivity contribution in [3.05, 3.63) is 35.9 Å². The van der Waals surface area contributed by atoms with E-state index in [0.29, 0.717) is 12.3 Å². The number of hydrogen-bond donors (Lipinski definition) is 2. The van der Waals surface area contributed by atoms with Crippen LogP contribution in [0.1, 0.15) is 31.2 Å². The Kier molecular flexibility index (Phi) is 5.11. The third-order valence-corrected chi connectivity index (χ3v) is 4.25. The van der Waals surface area contributed by atoms with Crippen molar-refractivity contribution in [3.8, 4) is 0 Å². The van der Waals surface area contributed by atoms with E-state index in [1.54, 1.807) is 0 Å². The van der Waals surface area contributed by atoms with Crippen LogP contribution in [0, 0.1) is 11.8 Å². The third kappa shape index (κ3) is 3.88. The number of Topliss-reactive ketones (excluding diaryl/α,β-unsaturated/α-hetero) is 1. The fraction of sp³-hybridized carbons (Fsp3) is 0.562. The first-order valence-electron chi connectivity index (χ1n) is 7.24. The van der Waals surface area contributed by atoms with Gasteiger partial charge in [0.25, 0.3) is 0 Å². The zero-order valence-corrected chi connectivity index (χ0v) is 11.4. The number of carbonyl (C=O) groups excluding carboxylic acids is 1. The van der Waals surface area contributed by atoms with Crippen molar-refractivity contribution >= 4 is 5.78 Å². The molecule has 0 unspecified atom stereocenters. The normalized spacial score (nSPS) is 24.9. The van der Waals surface area contributed by atoms with Gasteiger partial charge in [-0.05, 0) is 50.1 Å². The fourth-order valence-corrected chi connectivity index (χ4v) is 2.95. The average molecular weight is 260 g/mol. The maximum atomic E-state index is 12.3. The van der Waals surface area contributed by atoms with Gasteiger partial charge in [0.05, 0.1) is 6.04 Å². The van der Waals surface area contributed by atoms with Gasteiger partial charge in [-0.15, -0.1) is 0 Å². The molecule has 4 N–H and O–H groups in total. The van der Waals surface area contributed by atoms with Crippen LogP contribution in [0.4, 0.5) is 0 Å². The van der Waals surface area contributed by atoms with Crippen LogP contribution in [0.25, 0.3) is 0 Å². The highest BCUT2D eigenvalue weighted by atomic mass is 16.1. The molecule has 0 aliphatic heterocycles. The number of nitrogens with two attached hydrogens (primary N) is 2. The van der Waals surface area contributed by atoms with Crippen LogP contribution >= 0.6 is 0 Å². The lowest BCUT2D eigenvalue weighted by Gasteiger charge is -2.28. The van der Waals surface area contributed by atoms with Crippen LogP contribution in [-0.4, -0.2) is 18.4 Å². The molecular weight excluding hydrogens is 236 g/mol. The van der Waals surface area contributed by atoms with Gasteiger partial charge in [0, 0.05) is 5.92 Å². The van der Waals surface area contributed by atoms with Crippen molar-refractivity contribution in [2.75, 3.05) is 6.54 Å². The standard InChI is InChI=1S/C16H24N2O/c17-11-13-6-8-14(9-7-13)16(19)15(18)10-12-4-2-1-3-5-12/h1-5,13-15H,6-11,17-18H2/t13?,14?,15-/m0/s1. The van der Waals surface area contributed by atoms with E-state index in [9.17, 15) is 4.79 Å². The number of rotatable bonds is 5. The van der Waals surface area contributed by atoms with Gasteiger partial charge >= 0.3 is 0 Å². The molecule has 1 aromatic rings. The summed E-state index contributed by atoms with van der Waals surface area (Å²) in [6.07, 6.45) is 4.72. The molecule has 1 aliphatic rings. The molecule has 0 saturated heterocycles. The van der Waals surface area contributed by atoms with E-state index in [4.69, 9.17) is 11.5 Å². The summed E-state index contributed by atoms with van der Waals surface area (Å²) in [7, 11) is 0. The topological polar surface area (TPSA) is 69.1 Å². The monoisotopic (exact) mass is 260 g/mol. The first-order valence-corrected chi connectivity index (χ1v) is 7.24. The van der Waals surface area contributed by atoms with Gasteiger partial charge in [-0.3, -0.25) is 4.79 Å². The van der Waals surface area contributed by atoms with Crippen LogP contribution in [0.2, 0.25) is 0 Å². The largest absolute Gasteiger partial charge is 0.330 e. The first-order chi connectivity index (χ1) is 9.20. The fourth-order valence-electron chi connectivity index (χ4n) is 2.95. The highest BCUT2D eigenvalue weighted by Crippen LogP contribution is 2.29. The minimum absolute atomic E-state index is 0.154. The molecule has 0 radical (unpaired) electrons.